The summed E-state index contributed by atoms with van der Waals surface area (Å²) in [6.45, 7) is 1.65. The van der Waals surface area contributed by atoms with Crippen LogP contribution in [0.2, 0.25) is 0 Å². The molecule has 1 aliphatic rings. The van der Waals surface area contributed by atoms with Crippen LogP contribution in [0.25, 0.3) is 11.0 Å². The molecule has 3 aromatic carbocycles. The lowest BCUT2D eigenvalue weighted by Gasteiger charge is -2.34. The molecule has 5 rings (SSSR count). The van der Waals surface area contributed by atoms with Crippen molar-refractivity contribution in [3.05, 3.63) is 90.0 Å². The number of halogens is 2. The lowest BCUT2D eigenvalue weighted by Crippen LogP contribution is -2.49. The minimum atomic E-state index is -1.12. The van der Waals surface area contributed by atoms with Gasteiger partial charge in [0.25, 0.3) is 5.91 Å². The van der Waals surface area contributed by atoms with Crippen molar-refractivity contribution in [2.75, 3.05) is 4.90 Å². The second-order valence-electron chi connectivity index (χ2n) is 9.67. The molecule has 0 bridgehead atoms. The SMILES string of the molecule is C[C@H](C(=O)N(c1ccc(F)cc1)[C@H](C(=O)NC1CCCCC1)c1ccc(F)cc1)n1nc2ccccc2n1. The quantitative estimate of drug-likeness (QED) is 0.351. The molecule has 9 heteroatoms. The number of anilines is 1. The number of carbonyl (C=O) groups excluding carboxylic acids is 2. The molecule has 38 heavy (non-hydrogen) atoms. The third kappa shape index (κ3) is 5.41. The average Bonchev–Trinajstić information content (AvgIpc) is 3.37. The Labute approximate surface area is 219 Å². The molecule has 7 nitrogen and oxygen atoms in total. The van der Waals surface area contributed by atoms with Crippen LogP contribution >= 0.6 is 0 Å². The van der Waals surface area contributed by atoms with E-state index in [-0.39, 0.29) is 11.9 Å². The number of hydrogen-bond donors (Lipinski definition) is 1. The van der Waals surface area contributed by atoms with Crippen LogP contribution in [-0.2, 0) is 9.59 Å². The van der Waals surface area contributed by atoms with Crippen LogP contribution in [0.5, 0.6) is 0 Å². The van der Waals surface area contributed by atoms with Crippen molar-refractivity contribution in [3.8, 4) is 0 Å². The zero-order valence-corrected chi connectivity index (χ0v) is 21.1. The molecular weight excluding hydrogens is 488 g/mol. The second-order valence-corrected chi connectivity index (χ2v) is 9.67. The van der Waals surface area contributed by atoms with Crippen molar-refractivity contribution in [1.29, 1.82) is 0 Å². The molecule has 0 spiro atoms. The highest BCUT2D eigenvalue weighted by Gasteiger charge is 2.37. The summed E-state index contributed by atoms with van der Waals surface area (Å²) < 4.78 is 27.7. The predicted octanol–water partition coefficient (Wildman–Crippen LogP) is 5.49. The smallest absolute Gasteiger partial charge is 0.254 e. The second kappa shape index (κ2) is 11.1. The van der Waals surface area contributed by atoms with Gasteiger partial charge < -0.3 is 5.32 Å². The van der Waals surface area contributed by atoms with Gasteiger partial charge >= 0.3 is 0 Å². The third-order valence-electron chi connectivity index (χ3n) is 6.99. The highest BCUT2D eigenvalue weighted by atomic mass is 19.1. The predicted molar refractivity (Wildman–Crippen MR) is 140 cm³/mol. The molecule has 1 aliphatic carbocycles. The first-order valence-corrected chi connectivity index (χ1v) is 12.9. The molecule has 0 aliphatic heterocycles. The number of carbonyl (C=O) groups is 2. The fourth-order valence-electron chi connectivity index (χ4n) is 4.94. The van der Waals surface area contributed by atoms with Gasteiger partial charge in [-0.05, 0) is 73.9 Å². The summed E-state index contributed by atoms with van der Waals surface area (Å²) >= 11 is 0. The van der Waals surface area contributed by atoms with Gasteiger partial charge in [-0.1, -0.05) is 43.5 Å². The van der Waals surface area contributed by atoms with E-state index in [4.69, 9.17) is 0 Å². The van der Waals surface area contributed by atoms with E-state index in [1.165, 1.54) is 58.2 Å². The summed E-state index contributed by atoms with van der Waals surface area (Å²) in [5.74, 6) is -1.78. The van der Waals surface area contributed by atoms with E-state index in [0.29, 0.717) is 22.3 Å². The maximum Gasteiger partial charge on any atom is 0.254 e. The average molecular weight is 518 g/mol. The van der Waals surface area contributed by atoms with E-state index < -0.39 is 29.6 Å². The molecule has 4 aromatic rings. The van der Waals surface area contributed by atoms with Gasteiger partial charge in [-0.15, -0.1) is 0 Å². The molecule has 2 atom stereocenters. The van der Waals surface area contributed by atoms with Crippen LogP contribution in [0.15, 0.2) is 72.8 Å². The number of rotatable bonds is 7. The first kappa shape index (κ1) is 25.5. The Bertz CT molecular complexity index is 1380. The van der Waals surface area contributed by atoms with Gasteiger partial charge in [0.1, 0.15) is 34.8 Å². The van der Waals surface area contributed by atoms with Gasteiger partial charge in [-0.25, -0.2) is 8.78 Å². The molecule has 0 saturated heterocycles. The van der Waals surface area contributed by atoms with Crippen LogP contribution in [0, 0.1) is 11.6 Å². The Hall–Kier alpha value is -4.14. The van der Waals surface area contributed by atoms with E-state index in [0.717, 1.165) is 32.1 Å². The van der Waals surface area contributed by atoms with Crippen molar-refractivity contribution in [2.45, 2.75) is 57.2 Å². The topological polar surface area (TPSA) is 80.1 Å². The van der Waals surface area contributed by atoms with Crippen molar-refractivity contribution in [3.63, 3.8) is 0 Å². The number of hydrogen-bond acceptors (Lipinski definition) is 4. The third-order valence-corrected chi connectivity index (χ3v) is 6.99. The molecule has 0 unspecified atom stereocenters. The zero-order valence-electron chi connectivity index (χ0n) is 21.1. The van der Waals surface area contributed by atoms with Crippen molar-refractivity contribution >= 4 is 28.5 Å². The fourth-order valence-corrected chi connectivity index (χ4v) is 4.94. The molecule has 1 saturated carbocycles. The molecular formula is C29H29F2N5O2. The number of aromatic nitrogens is 3. The summed E-state index contributed by atoms with van der Waals surface area (Å²) in [6.07, 6.45) is 4.86. The Morgan fingerprint density at radius 3 is 2.00 bits per heavy atom. The van der Waals surface area contributed by atoms with Gasteiger partial charge in [-0.3, -0.25) is 14.5 Å². The van der Waals surface area contributed by atoms with Crippen LogP contribution < -0.4 is 10.2 Å². The molecule has 196 valence electrons. The first-order valence-electron chi connectivity index (χ1n) is 12.9. The van der Waals surface area contributed by atoms with Crippen molar-refractivity contribution in [1.82, 2.24) is 20.3 Å². The zero-order chi connectivity index (χ0) is 26.6. The first-order chi connectivity index (χ1) is 18.4. The number of nitrogens with zero attached hydrogens (tertiary/aromatic N) is 4. The summed E-state index contributed by atoms with van der Waals surface area (Å²) in [5.41, 5.74) is 2.02. The molecule has 1 aromatic heterocycles. The molecule has 1 heterocycles. The highest BCUT2D eigenvalue weighted by Crippen LogP contribution is 2.32. The Morgan fingerprint density at radius 2 is 1.42 bits per heavy atom. The minimum absolute atomic E-state index is 0.0140. The monoisotopic (exact) mass is 517 g/mol. The van der Waals surface area contributed by atoms with Gasteiger partial charge in [0, 0.05) is 11.7 Å². The lowest BCUT2D eigenvalue weighted by molar-refractivity contribution is -0.128. The Kier molecular flexibility index (Phi) is 7.44. The number of nitrogens with one attached hydrogen (secondary N) is 1. The van der Waals surface area contributed by atoms with E-state index in [1.807, 2.05) is 12.1 Å². The Morgan fingerprint density at radius 1 is 0.868 bits per heavy atom. The van der Waals surface area contributed by atoms with Crippen LogP contribution in [0.4, 0.5) is 14.5 Å². The van der Waals surface area contributed by atoms with E-state index in [9.17, 15) is 18.4 Å². The molecule has 0 radical (unpaired) electrons. The summed E-state index contributed by atoms with van der Waals surface area (Å²) in [7, 11) is 0. The normalized spacial score (nSPS) is 15.7. The van der Waals surface area contributed by atoms with Gasteiger partial charge in [0.2, 0.25) is 5.91 Å². The summed E-state index contributed by atoms with van der Waals surface area (Å²) in [4.78, 5) is 30.7. The Balaban J connectivity index is 1.57. The highest BCUT2D eigenvalue weighted by molar-refractivity contribution is 6.03. The van der Waals surface area contributed by atoms with Crippen LogP contribution in [0.3, 0.4) is 0 Å². The standard InChI is InChI=1S/C29H29F2N5O2/c1-19(36-33-25-9-5-6-10-26(25)34-36)29(38)35(24-17-15-22(31)16-18-24)27(20-11-13-21(30)14-12-20)28(37)32-23-7-3-2-4-8-23/h5-6,9-19,23,27H,2-4,7-8H2,1H3,(H,32,37)/t19-,27+/m1/s1. The van der Waals surface area contributed by atoms with E-state index in [2.05, 4.69) is 15.5 Å². The molecule has 1 fully saturated rings. The molecule has 1 N–H and O–H groups in total. The van der Waals surface area contributed by atoms with Crippen LogP contribution in [0.1, 0.15) is 56.7 Å². The molecule has 2 amide bonds. The maximum atomic E-state index is 14.2. The van der Waals surface area contributed by atoms with E-state index in [1.54, 1.807) is 19.1 Å². The lowest BCUT2D eigenvalue weighted by atomic mass is 9.94. The van der Waals surface area contributed by atoms with Gasteiger partial charge in [0.15, 0.2) is 0 Å². The summed E-state index contributed by atoms with van der Waals surface area (Å²) in [5, 5.41) is 12.0. The number of fused-ring (bicyclic) bond motifs is 1. The maximum absolute atomic E-state index is 14.2. The summed E-state index contributed by atoms with van der Waals surface area (Å²) in [6, 6.07) is 16.1. The minimum Gasteiger partial charge on any atom is -0.351 e. The number of benzene rings is 3. The van der Waals surface area contributed by atoms with E-state index >= 15 is 0 Å². The number of amides is 2. The van der Waals surface area contributed by atoms with Crippen molar-refractivity contribution < 1.29 is 18.4 Å². The van der Waals surface area contributed by atoms with Gasteiger partial charge in [0.05, 0.1) is 0 Å². The van der Waals surface area contributed by atoms with Gasteiger partial charge in [-0.2, -0.15) is 15.0 Å². The van der Waals surface area contributed by atoms with Crippen LogP contribution in [-0.4, -0.2) is 32.9 Å². The van der Waals surface area contributed by atoms with Crippen molar-refractivity contribution in [2.24, 2.45) is 0 Å². The largest absolute Gasteiger partial charge is 0.351 e. The fraction of sp³-hybridized carbons (Fsp3) is 0.310.